The number of hydrogen-bond acceptors (Lipinski definition) is 2. The smallest absolute Gasteiger partial charge is 0.182 e. The van der Waals surface area contributed by atoms with Gasteiger partial charge in [0.25, 0.3) is 0 Å². The Balaban J connectivity index is 2.19. The highest BCUT2D eigenvalue weighted by Crippen LogP contribution is 2.35. The summed E-state index contributed by atoms with van der Waals surface area (Å²) in [5.41, 5.74) is 2.35. The van der Waals surface area contributed by atoms with E-state index in [9.17, 15) is 4.39 Å². The van der Waals surface area contributed by atoms with Crippen LogP contribution in [0.5, 0.6) is 5.75 Å². The summed E-state index contributed by atoms with van der Waals surface area (Å²) in [6.45, 7) is 4.18. The number of methoxy groups -OCH3 is 1. The Labute approximate surface area is 156 Å². The van der Waals surface area contributed by atoms with Crippen LogP contribution in [0, 0.1) is 10.6 Å². The van der Waals surface area contributed by atoms with Gasteiger partial charge in [-0.25, -0.2) is 4.39 Å². The first-order valence-electron chi connectivity index (χ1n) is 7.75. The van der Waals surface area contributed by atoms with E-state index in [1.165, 1.54) is 13.2 Å². The van der Waals surface area contributed by atoms with Crippen molar-refractivity contribution in [2.45, 2.75) is 19.3 Å². The van der Waals surface area contributed by atoms with Crippen LogP contribution in [0.15, 0.2) is 48.7 Å². The van der Waals surface area contributed by atoms with Crippen LogP contribution in [0.4, 0.5) is 4.39 Å². The lowest BCUT2D eigenvalue weighted by Crippen LogP contribution is -2.23. The highest BCUT2D eigenvalue weighted by atomic mass is 35.5. The number of hydrogen-bond donors (Lipinski definition) is 1. The number of rotatable bonds is 4. The molecule has 130 valence electrons. The second-order valence-corrected chi connectivity index (χ2v) is 7.09. The third kappa shape index (κ3) is 3.22. The number of imidazole rings is 1. The topological polar surface area (TPSA) is 29.9 Å². The Hall–Kier alpha value is -2.11. The van der Waals surface area contributed by atoms with E-state index in [1.54, 1.807) is 12.1 Å². The van der Waals surface area contributed by atoms with E-state index in [1.807, 2.05) is 35.0 Å². The lowest BCUT2D eigenvalue weighted by atomic mass is 9.81. The molecule has 0 spiro atoms. The number of ether oxygens (including phenoxy) is 1. The first-order chi connectivity index (χ1) is 11.8. The van der Waals surface area contributed by atoms with Crippen LogP contribution in [0.1, 0.15) is 25.1 Å². The fraction of sp³-hybridized carbons (Fsp3) is 0.211. The highest BCUT2D eigenvalue weighted by Gasteiger charge is 2.28. The lowest BCUT2D eigenvalue weighted by molar-refractivity contribution is 0.386. The van der Waals surface area contributed by atoms with Crippen molar-refractivity contribution < 1.29 is 9.13 Å². The molecular weight excluding hydrogens is 359 g/mol. The highest BCUT2D eigenvalue weighted by molar-refractivity contribution is 7.71. The molecule has 1 N–H and O–H groups in total. The molecule has 3 nitrogen and oxygen atoms in total. The maximum absolute atomic E-state index is 13.8. The number of halogens is 2. The molecular formula is C19H18ClFN2OS. The van der Waals surface area contributed by atoms with Crippen LogP contribution in [-0.2, 0) is 5.41 Å². The molecule has 1 aromatic heterocycles. The quantitative estimate of drug-likeness (QED) is 0.595. The van der Waals surface area contributed by atoms with Crippen molar-refractivity contribution >= 4 is 23.8 Å². The molecule has 0 unspecified atom stereocenters. The fourth-order valence-corrected chi connectivity index (χ4v) is 3.35. The minimum atomic E-state index is -0.413. The molecule has 0 saturated carbocycles. The summed E-state index contributed by atoms with van der Waals surface area (Å²) in [5, 5.41) is 0.676. The summed E-state index contributed by atoms with van der Waals surface area (Å²) in [5.74, 6) is -0.240. The Bertz CT molecular complexity index is 978. The van der Waals surface area contributed by atoms with Crippen LogP contribution >= 0.6 is 23.8 Å². The van der Waals surface area contributed by atoms with Crippen LogP contribution in [0.3, 0.4) is 0 Å². The van der Waals surface area contributed by atoms with E-state index in [0.717, 1.165) is 16.9 Å². The van der Waals surface area contributed by atoms with Gasteiger partial charge in [-0.3, -0.25) is 4.57 Å². The molecule has 1 heterocycles. The van der Waals surface area contributed by atoms with Crippen molar-refractivity contribution in [2.24, 2.45) is 0 Å². The molecule has 0 amide bonds. The molecule has 0 atom stereocenters. The number of aromatic nitrogens is 2. The predicted octanol–water partition coefficient (Wildman–Crippen LogP) is 5.66. The number of aromatic amines is 1. The van der Waals surface area contributed by atoms with Crippen LogP contribution in [0.25, 0.3) is 5.69 Å². The normalized spacial score (nSPS) is 11.6. The van der Waals surface area contributed by atoms with Crippen molar-refractivity contribution in [1.82, 2.24) is 9.55 Å². The molecule has 3 rings (SSSR count). The van der Waals surface area contributed by atoms with Gasteiger partial charge in [0.15, 0.2) is 16.3 Å². The predicted molar refractivity (Wildman–Crippen MR) is 101 cm³/mol. The maximum Gasteiger partial charge on any atom is 0.182 e. The second-order valence-electron chi connectivity index (χ2n) is 6.27. The monoisotopic (exact) mass is 376 g/mol. The van der Waals surface area contributed by atoms with E-state index in [0.29, 0.717) is 9.79 Å². The van der Waals surface area contributed by atoms with Gasteiger partial charge in [0, 0.05) is 22.7 Å². The van der Waals surface area contributed by atoms with Gasteiger partial charge in [-0.1, -0.05) is 37.6 Å². The lowest BCUT2D eigenvalue weighted by Gasteiger charge is -2.27. The molecule has 0 radical (unpaired) electrons. The molecule has 0 bridgehead atoms. The largest absolute Gasteiger partial charge is 0.494 e. The third-order valence-corrected chi connectivity index (χ3v) is 4.89. The summed E-state index contributed by atoms with van der Waals surface area (Å²) >= 11 is 11.6. The molecule has 0 aliphatic carbocycles. The molecule has 6 heteroatoms. The zero-order chi connectivity index (χ0) is 18.2. The Kier molecular flexibility index (Phi) is 4.71. The fourth-order valence-electron chi connectivity index (χ4n) is 2.90. The molecule has 0 aliphatic heterocycles. The summed E-state index contributed by atoms with van der Waals surface area (Å²) in [6.07, 6.45) is 1.87. The van der Waals surface area contributed by atoms with E-state index >= 15 is 0 Å². The van der Waals surface area contributed by atoms with Crippen molar-refractivity contribution in [3.05, 3.63) is 75.5 Å². The summed E-state index contributed by atoms with van der Waals surface area (Å²) in [4.78, 5) is 3.09. The second kappa shape index (κ2) is 6.65. The number of H-pyrrole nitrogens is 1. The summed E-state index contributed by atoms with van der Waals surface area (Å²) in [6, 6.07) is 12.4. The Morgan fingerprint density at radius 2 is 1.96 bits per heavy atom. The standard InChI is InChI=1S/C19H18ClFN2OS/c1-19(2,12-5-4-6-13(20)9-12)17-11-22-18(25)23(17)14-7-8-15(21)16(10-14)24-3/h4-11H,1-3H3,(H,22,25). The van der Waals surface area contributed by atoms with Gasteiger partial charge >= 0.3 is 0 Å². The molecule has 3 aromatic rings. The van der Waals surface area contributed by atoms with Gasteiger partial charge in [-0.05, 0) is 42.0 Å². The van der Waals surface area contributed by atoms with Gasteiger partial charge in [0.2, 0.25) is 0 Å². The summed E-state index contributed by atoms with van der Waals surface area (Å²) < 4.78 is 21.3. The van der Waals surface area contributed by atoms with E-state index < -0.39 is 5.82 Å². The van der Waals surface area contributed by atoms with Crippen LogP contribution in [0.2, 0.25) is 5.02 Å². The van der Waals surface area contributed by atoms with Crippen LogP contribution < -0.4 is 4.74 Å². The molecule has 0 fully saturated rings. The van der Waals surface area contributed by atoms with Crippen molar-refractivity contribution in [3.8, 4) is 11.4 Å². The van der Waals surface area contributed by atoms with Crippen molar-refractivity contribution in [2.75, 3.05) is 7.11 Å². The number of nitrogens with one attached hydrogen (secondary N) is 1. The van der Waals surface area contributed by atoms with Gasteiger partial charge < -0.3 is 9.72 Å². The molecule has 25 heavy (non-hydrogen) atoms. The molecule has 0 saturated heterocycles. The van der Waals surface area contributed by atoms with Gasteiger partial charge in [-0.15, -0.1) is 0 Å². The zero-order valence-corrected chi connectivity index (χ0v) is 15.7. The van der Waals surface area contributed by atoms with Gasteiger partial charge in [0.1, 0.15) is 0 Å². The number of benzene rings is 2. The summed E-state index contributed by atoms with van der Waals surface area (Å²) in [7, 11) is 1.44. The van der Waals surface area contributed by atoms with Gasteiger partial charge in [-0.2, -0.15) is 0 Å². The van der Waals surface area contributed by atoms with E-state index in [-0.39, 0.29) is 11.2 Å². The van der Waals surface area contributed by atoms with Crippen molar-refractivity contribution in [3.63, 3.8) is 0 Å². The third-order valence-electron chi connectivity index (χ3n) is 4.36. The molecule has 2 aromatic carbocycles. The van der Waals surface area contributed by atoms with Gasteiger partial charge in [0.05, 0.1) is 18.5 Å². The van der Waals surface area contributed by atoms with Crippen LogP contribution in [-0.4, -0.2) is 16.7 Å². The molecule has 0 aliphatic rings. The van der Waals surface area contributed by atoms with E-state index in [2.05, 4.69) is 18.8 Å². The Morgan fingerprint density at radius 3 is 2.64 bits per heavy atom. The SMILES string of the molecule is COc1cc(-n2c(C(C)(C)c3cccc(Cl)c3)c[nH]c2=S)ccc1F. The first kappa shape index (κ1) is 17.7. The maximum atomic E-state index is 13.8. The Morgan fingerprint density at radius 1 is 1.20 bits per heavy atom. The average molecular weight is 377 g/mol. The minimum Gasteiger partial charge on any atom is -0.494 e. The van der Waals surface area contributed by atoms with Crippen molar-refractivity contribution in [1.29, 1.82) is 0 Å². The zero-order valence-electron chi connectivity index (χ0n) is 14.1. The number of nitrogens with zero attached hydrogens (tertiary/aromatic N) is 1. The van der Waals surface area contributed by atoms with E-state index in [4.69, 9.17) is 28.6 Å². The first-order valence-corrected chi connectivity index (χ1v) is 8.54. The minimum absolute atomic E-state index is 0.173. The average Bonchev–Trinajstić information content (AvgIpc) is 2.98.